The number of hydrogen-bond acceptors (Lipinski definition) is 5. The number of amides is 1. The summed E-state index contributed by atoms with van der Waals surface area (Å²) in [6.45, 7) is 0.645. The summed E-state index contributed by atoms with van der Waals surface area (Å²) in [5.41, 5.74) is 3.05. The van der Waals surface area contributed by atoms with Gasteiger partial charge in [0.15, 0.2) is 11.0 Å². The third kappa shape index (κ3) is 5.81. The van der Waals surface area contributed by atoms with Crippen LogP contribution >= 0.6 is 11.8 Å². The quantitative estimate of drug-likeness (QED) is 0.273. The minimum absolute atomic E-state index is 0.0190. The first-order valence-corrected chi connectivity index (χ1v) is 11.8. The number of nitrogens with zero attached hydrogens (tertiary/aromatic N) is 3. The molecule has 0 atom stereocenters. The Labute approximate surface area is 198 Å². The van der Waals surface area contributed by atoms with E-state index in [-0.39, 0.29) is 11.7 Å². The lowest BCUT2D eigenvalue weighted by molar-refractivity contribution is -0.118. The van der Waals surface area contributed by atoms with E-state index in [0.29, 0.717) is 17.5 Å². The molecule has 0 aliphatic heterocycles. The second-order valence-electron chi connectivity index (χ2n) is 7.41. The molecule has 0 saturated carbocycles. The molecule has 4 aromatic rings. The number of para-hydroxylation sites is 2. The third-order valence-electron chi connectivity index (χ3n) is 5.14. The van der Waals surface area contributed by atoms with Crippen LogP contribution in [-0.4, -0.2) is 40.1 Å². The zero-order valence-corrected chi connectivity index (χ0v) is 19.3. The van der Waals surface area contributed by atoms with E-state index < -0.39 is 0 Å². The topological polar surface area (TPSA) is 69.0 Å². The minimum Gasteiger partial charge on any atom is -0.496 e. The molecule has 1 N–H and O–H groups in total. The summed E-state index contributed by atoms with van der Waals surface area (Å²) in [7, 11) is 1.64. The third-order valence-corrected chi connectivity index (χ3v) is 6.06. The van der Waals surface area contributed by atoms with Gasteiger partial charge in [-0.2, -0.15) is 0 Å². The molecule has 0 aliphatic carbocycles. The maximum Gasteiger partial charge on any atom is 0.230 e. The Hall–Kier alpha value is -3.58. The van der Waals surface area contributed by atoms with Crippen molar-refractivity contribution in [3.05, 3.63) is 90.5 Å². The molecular weight excluding hydrogens is 432 g/mol. The van der Waals surface area contributed by atoms with E-state index in [1.54, 1.807) is 7.11 Å². The van der Waals surface area contributed by atoms with Crippen LogP contribution in [0, 0.1) is 0 Å². The standard InChI is InChI=1S/C26H26N4O2S/c1-32-23-17-9-8-16-22(23)25-28-29-26(30(25)21-14-6-3-7-15-21)33-19-24(31)27-18-10-13-20-11-4-2-5-12-20/h2-9,11-12,14-17H,10,13,18-19H2,1H3,(H,27,31). The Balaban J connectivity index is 1.44. The molecule has 1 aromatic heterocycles. The highest BCUT2D eigenvalue weighted by Crippen LogP contribution is 2.33. The zero-order valence-electron chi connectivity index (χ0n) is 18.5. The van der Waals surface area contributed by atoms with Gasteiger partial charge in [-0.05, 0) is 42.7 Å². The van der Waals surface area contributed by atoms with Crippen molar-refractivity contribution in [2.75, 3.05) is 19.4 Å². The molecule has 3 aromatic carbocycles. The Morgan fingerprint density at radius 1 is 0.939 bits per heavy atom. The number of nitrogens with one attached hydrogen (secondary N) is 1. The van der Waals surface area contributed by atoms with Crippen molar-refractivity contribution in [1.82, 2.24) is 20.1 Å². The normalized spacial score (nSPS) is 10.7. The molecule has 6 nitrogen and oxygen atoms in total. The van der Waals surface area contributed by atoms with E-state index >= 15 is 0 Å². The van der Waals surface area contributed by atoms with E-state index in [1.807, 2.05) is 77.4 Å². The second-order valence-corrected chi connectivity index (χ2v) is 8.35. The highest BCUT2D eigenvalue weighted by molar-refractivity contribution is 7.99. The van der Waals surface area contributed by atoms with E-state index in [4.69, 9.17) is 4.74 Å². The molecule has 7 heteroatoms. The second kappa shape index (κ2) is 11.3. The highest BCUT2D eigenvalue weighted by atomic mass is 32.2. The van der Waals surface area contributed by atoms with Gasteiger partial charge in [0.05, 0.1) is 18.4 Å². The summed E-state index contributed by atoms with van der Waals surface area (Å²) in [5.74, 6) is 1.64. The molecule has 1 heterocycles. The van der Waals surface area contributed by atoms with Crippen molar-refractivity contribution in [3.8, 4) is 22.8 Å². The van der Waals surface area contributed by atoms with E-state index in [9.17, 15) is 4.79 Å². The Morgan fingerprint density at radius 3 is 2.39 bits per heavy atom. The molecule has 0 fully saturated rings. The van der Waals surface area contributed by atoms with Crippen LogP contribution in [0.3, 0.4) is 0 Å². The van der Waals surface area contributed by atoms with Gasteiger partial charge in [0.1, 0.15) is 5.75 Å². The van der Waals surface area contributed by atoms with Gasteiger partial charge in [-0.3, -0.25) is 9.36 Å². The molecule has 1 amide bonds. The van der Waals surface area contributed by atoms with Crippen LogP contribution in [0.15, 0.2) is 90.1 Å². The molecule has 0 saturated heterocycles. The van der Waals surface area contributed by atoms with Crippen LogP contribution in [-0.2, 0) is 11.2 Å². The van der Waals surface area contributed by atoms with Gasteiger partial charge in [0, 0.05) is 12.2 Å². The van der Waals surface area contributed by atoms with Crippen LogP contribution in [0.4, 0.5) is 0 Å². The van der Waals surface area contributed by atoms with Crippen LogP contribution in [0.25, 0.3) is 17.1 Å². The molecular formula is C26H26N4O2S. The summed E-state index contributed by atoms with van der Waals surface area (Å²) < 4.78 is 7.50. The van der Waals surface area contributed by atoms with Gasteiger partial charge in [0.25, 0.3) is 0 Å². The van der Waals surface area contributed by atoms with Crippen LogP contribution in [0.1, 0.15) is 12.0 Å². The lowest BCUT2D eigenvalue weighted by atomic mass is 10.1. The Bertz CT molecular complexity index is 1180. The van der Waals surface area contributed by atoms with Crippen LogP contribution in [0.5, 0.6) is 5.75 Å². The summed E-state index contributed by atoms with van der Waals surface area (Å²) in [4.78, 5) is 12.4. The summed E-state index contributed by atoms with van der Waals surface area (Å²) in [6.07, 6.45) is 1.84. The number of benzene rings is 3. The van der Waals surface area contributed by atoms with Gasteiger partial charge in [-0.15, -0.1) is 10.2 Å². The molecule has 0 radical (unpaired) electrons. The van der Waals surface area contributed by atoms with Crippen LogP contribution in [0.2, 0.25) is 0 Å². The fourth-order valence-electron chi connectivity index (χ4n) is 3.52. The number of methoxy groups -OCH3 is 1. The SMILES string of the molecule is COc1ccccc1-c1nnc(SCC(=O)NCCCc2ccccc2)n1-c1ccccc1. The van der Waals surface area contributed by atoms with Crippen molar-refractivity contribution in [3.63, 3.8) is 0 Å². The first kappa shape index (κ1) is 22.6. The van der Waals surface area contributed by atoms with Crippen molar-refractivity contribution in [2.24, 2.45) is 0 Å². The predicted octanol–water partition coefficient (Wildman–Crippen LogP) is 4.78. The van der Waals surface area contributed by atoms with Gasteiger partial charge >= 0.3 is 0 Å². The molecule has 4 rings (SSSR count). The summed E-state index contributed by atoms with van der Waals surface area (Å²) in [5, 5.41) is 12.5. The average molecular weight is 459 g/mol. The fraction of sp³-hybridized carbons (Fsp3) is 0.192. The first-order valence-electron chi connectivity index (χ1n) is 10.8. The number of hydrogen-bond donors (Lipinski definition) is 1. The number of carbonyl (C=O) groups is 1. The van der Waals surface area contributed by atoms with Crippen molar-refractivity contribution in [2.45, 2.75) is 18.0 Å². The Morgan fingerprint density at radius 2 is 1.64 bits per heavy atom. The number of ether oxygens (including phenoxy) is 1. The van der Waals surface area contributed by atoms with Gasteiger partial charge in [-0.1, -0.05) is 72.4 Å². The molecule has 0 unspecified atom stereocenters. The smallest absolute Gasteiger partial charge is 0.230 e. The van der Waals surface area contributed by atoms with Crippen molar-refractivity contribution < 1.29 is 9.53 Å². The number of thioether (sulfide) groups is 1. The lowest BCUT2D eigenvalue weighted by Crippen LogP contribution is -2.26. The van der Waals surface area contributed by atoms with Crippen molar-refractivity contribution >= 4 is 17.7 Å². The molecule has 33 heavy (non-hydrogen) atoms. The Kier molecular flexibility index (Phi) is 7.76. The maximum absolute atomic E-state index is 12.4. The number of aryl methyl sites for hydroxylation is 1. The fourth-order valence-corrected chi connectivity index (χ4v) is 4.30. The summed E-state index contributed by atoms with van der Waals surface area (Å²) >= 11 is 1.37. The highest BCUT2D eigenvalue weighted by Gasteiger charge is 2.19. The predicted molar refractivity (Wildman–Crippen MR) is 132 cm³/mol. The zero-order chi connectivity index (χ0) is 22.9. The lowest BCUT2D eigenvalue weighted by Gasteiger charge is -2.12. The number of rotatable bonds is 10. The minimum atomic E-state index is -0.0190. The molecule has 168 valence electrons. The van der Waals surface area contributed by atoms with Gasteiger partial charge < -0.3 is 10.1 Å². The molecule has 0 bridgehead atoms. The van der Waals surface area contributed by atoms with E-state index in [2.05, 4.69) is 27.6 Å². The number of carbonyl (C=O) groups excluding carboxylic acids is 1. The molecule has 0 aliphatic rings. The average Bonchev–Trinajstić information content (AvgIpc) is 3.30. The van der Waals surface area contributed by atoms with Gasteiger partial charge in [0.2, 0.25) is 5.91 Å². The van der Waals surface area contributed by atoms with E-state index in [0.717, 1.165) is 29.8 Å². The largest absolute Gasteiger partial charge is 0.496 e. The van der Waals surface area contributed by atoms with Crippen LogP contribution < -0.4 is 10.1 Å². The number of aromatic nitrogens is 3. The monoisotopic (exact) mass is 458 g/mol. The van der Waals surface area contributed by atoms with E-state index in [1.165, 1.54) is 17.3 Å². The molecule has 0 spiro atoms. The van der Waals surface area contributed by atoms with Gasteiger partial charge in [-0.25, -0.2) is 0 Å². The van der Waals surface area contributed by atoms with Crippen molar-refractivity contribution in [1.29, 1.82) is 0 Å². The summed E-state index contributed by atoms with van der Waals surface area (Å²) in [6, 6.07) is 27.9. The first-order chi connectivity index (χ1) is 16.3. The maximum atomic E-state index is 12.4.